The molecule has 2 aromatic rings. The van der Waals surface area contributed by atoms with Crippen LogP contribution >= 0.6 is 15.9 Å². The standard InChI is InChI=1S/C21H23BrN2O2/c1-13(2)19(23-20(25)16-6-4-5-14(3)11-16)21(26)24-10-9-15-12-17(22)7-8-18(15)24/h4-8,11-13,19H,9-10H2,1-3H3,(H,23,25). The first-order valence-corrected chi connectivity index (χ1v) is 9.63. The van der Waals surface area contributed by atoms with Crippen molar-refractivity contribution >= 4 is 33.4 Å². The average Bonchev–Trinajstić information content (AvgIpc) is 3.01. The fourth-order valence-electron chi connectivity index (χ4n) is 3.29. The van der Waals surface area contributed by atoms with E-state index < -0.39 is 6.04 Å². The maximum Gasteiger partial charge on any atom is 0.251 e. The monoisotopic (exact) mass is 414 g/mol. The topological polar surface area (TPSA) is 49.4 Å². The Morgan fingerprint density at radius 2 is 1.92 bits per heavy atom. The number of benzene rings is 2. The van der Waals surface area contributed by atoms with Gasteiger partial charge in [-0.1, -0.05) is 47.5 Å². The van der Waals surface area contributed by atoms with Crippen molar-refractivity contribution in [3.63, 3.8) is 0 Å². The third-order valence-corrected chi connectivity index (χ3v) is 5.20. The van der Waals surface area contributed by atoms with Crippen molar-refractivity contribution < 1.29 is 9.59 Å². The highest BCUT2D eigenvalue weighted by Crippen LogP contribution is 2.31. The number of halogens is 1. The van der Waals surface area contributed by atoms with Crippen molar-refractivity contribution in [1.82, 2.24) is 5.32 Å². The molecule has 1 aliphatic rings. The molecule has 1 unspecified atom stereocenters. The summed E-state index contributed by atoms with van der Waals surface area (Å²) in [5.41, 5.74) is 3.69. The van der Waals surface area contributed by atoms with Gasteiger partial charge in [-0.15, -0.1) is 0 Å². The number of nitrogens with one attached hydrogen (secondary N) is 1. The van der Waals surface area contributed by atoms with Crippen molar-refractivity contribution in [2.75, 3.05) is 11.4 Å². The Balaban J connectivity index is 1.81. The molecule has 1 heterocycles. The van der Waals surface area contributed by atoms with E-state index in [1.807, 2.05) is 51.1 Å². The van der Waals surface area contributed by atoms with Gasteiger partial charge < -0.3 is 10.2 Å². The lowest BCUT2D eigenvalue weighted by molar-refractivity contribution is -0.121. The minimum atomic E-state index is -0.558. The first kappa shape index (κ1) is 18.6. The molecular weight excluding hydrogens is 392 g/mol. The van der Waals surface area contributed by atoms with Crippen molar-refractivity contribution in [2.45, 2.75) is 33.2 Å². The van der Waals surface area contributed by atoms with Crippen LogP contribution in [0.2, 0.25) is 0 Å². The maximum absolute atomic E-state index is 13.2. The summed E-state index contributed by atoms with van der Waals surface area (Å²) in [7, 11) is 0. The molecule has 0 spiro atoms. The maximum atomic E-state index is 13.2. The second-order valence-corrected chi connectivity index (χ2v) is 7.99. The highest BCUT2D eigenvalue weighted by atomic mass is 79.9. The lowest BCUT2D eigenvalue weighted by Crippen LogP contribution is -2.51. The van der Waals surface area contributed by atoms with Crippen molar-refractivity contribution in [2.24, 2.45) is 5.92 Å². The Kier molecular flexibility index (Phi) is 5.47. The summed E-state index contributed by atoms with van der Waals surface area (Å²) in [4.78, 5) is 27.6. The number of rotatable bonds is 4. The Bertz CT molecular complexity index is 848. The fraction of sp³-hybridized carbons (Fsp3) is 0.333. The van der Waals surface area contributed by atoms with Crippen molar-refractivity contribution in [3.8, 4) is 0 Å². The molecule has 1 N–H and O–H groups in total. The zero-order chi connectivity index (χ0) is 18.8. The molecule has 0 bridgehead atoms. The fourth-order valence-corrected chi connectivity index (χ4v) is 3.70. The summed E-state index contributed by atoms with van der Waals surface area (Å²) < 4.78 is 1.01. The normalized spacial score (nSPS) is 14.3. The van der Waals surface area contributed by atoms with Gasteiger partial charge in [0, 0.05) is 22.3 Å². The number of fused-ring (bicyclic) bond motifs is 1. The molecule has 2 amide bonds. The Morgan fingerprint density at radius 1 is 1.15 bits per heavy atom. The van der Waals surface area contributed by atoms with Gasteiger partial charge in [-0.05, 0) is 55.2 Å². The highest BCUT2D eigenvalue weighted by molar-refractivity contribution is 9.10. The van der Waals surface area contributed by atoms with Crippen LogP contribution in [0.25, 0.3) is 0 Å². The number of carbonyl (C=O) groups excluding carboxylic acids is 2. The molecule has 0 saturated heterocycles. The van der Waals surface area contributed by atoms with Crippen LogP contribution in [0, 0.1) is 12.8 Å². The molecule has 136 valence electrons. The second-order valence-electron chi connectivity index (χ2n) is 7.08. The smallest absolute Gasteiger partial charge is 0.251 e. The van der Waals surface area contributed by atoms with Crippen LogP contribution in [-0.2, 0) is 11.2 Å². The number of nitrogens with zero attached hydrogens (tertiary/aromatic N) is 1. The number of anilines is 1. The molecule has 0 aliphatic carbocycles. The zero-order valence-electron chi connectivity index (χ0n) is 15.3. The molecular formula is C21H23BrN2O2. The number of carbonyl (C=O) groups is 2. The molecule has 3 rings (SSSR count). The van der Waals surface area contributed by atoms with Crippen LogP contribution in [0.4, 0.5) is 5.69 Å². The molecule has 26 heavy (non-hydrogen) atoms. The number of hydrogen-bond donors (Lipinski definition) is 1. The average molecular weight is 415 g/mol. The molecule has 2 aromatic carbocycles. The van der Waals surface area contributed by atoms with E-state index in [0.717, 1.165) is 27.7 Å². The molecule has 0 fully saturated rings. The van der Waals surface area contributed by atoms with E-state index in [-0.39, 0.29) is 17.7 Å². The summed E-state index contributed by atoms with van der Waals surface area (Å²) in [6, 6.07) is 12.8. The van der Waals surface area contributed by atoms with E-state index in [9.17, 15) is 9.59 Å². The van der Waals surface area contributed by atoms with Gasteiger partial charge in [0.2, 0.25) is 5.91 Å². The summed E-state index contributed by atoms with van der Waals surface area (Å²) in [5.74, 6) is -0.270. The molecule has 4 nitrogen and oxygen atoms in total. The van der Waals surface area contributed by atoms with E-state index in [1.54, 1.807) is 11.0 Å². The number of aryl methyl sites for hydroxylation is 1. The Labute approximate surface area is 162 Å². The van der Waals surface area contributed by atoms with Gasteiger partial charge in [0.25, 0.3) is 5.91 Å². The zero-order valence-corrected chi connectivity index (χ0v) is 16.8. The minimum Gasteiger partial charge on any atom is -0.340 e. The van der Waals surface area contributed by atoms with E-state index >= 15 is 0 Å². The third-order valence-electron chi connectivity index (χ3n) is 4.70. The van der Waals surface area contributed by atoms with Gasteiger partial charge in [-0.3, -0.25) is 9.59 Å². The Hall–Kier alpha value is -2.14. The van der Waals surface area contributed by atoms with Crippen LogP contribution in [0.5, 0.6) is 0 Å². The minimum absolute atomic E-state index is 0.00393. The summed E-state index contributed by atoms with van der Waals surface area (Å²) in [6.45, 7) is 6.50. The summed E-state index contributed by atoms with van der Waals surface area (Å²) >= 11 is 3.48. The van der Waals surface area contributed by atoms with Crippen molar-refractivity contribution in [3.05, 3.63) is 63.6 Å². The van der Waals surface area contributed by atoms with Crippen LogP contribution in [0.3, 0.4) is 0 Å². The first-order chi connectivity index (χ1) is 12.4. The lowest BCUT2D eigenvalue weighted by Gasteiger charge is -2.27. The Morgan fingerprint density at radius 3 is 2.62 bits per heavy atom. The third kappa shape index (κ3) is 3.83. The van der Waals surface area contributed by atoms with E-state index in [1.165, 1.54) is 0 Å². The van der Waals surface area contributed by atoms with Gasteiger partial charge in [-0.25, -0.2) is 0 Å². The molecule has 0 radical (unpaired) electrons. The highest BCUT2D eigenvalue weighted by Gasteiger charge is 2.33. The van der Waals surface area contributed by atoms with Gasteiger partial charge >= 0.3 is 0 Å². The predicted octanol–water partition coefficient (Wildman–Crippen LogP) is 4.10. The lowest BCUT2D eigenvalue weighted by atomic mass is 10.0. The van der Waals surface area contributed by atoms with Gasteiger partial charge in [0.05, 0.1) is 0 Å². The molecule has 0 saturated carbocycles. The number of amides is 2. The van der Waals surface area contributed by atoms with Gasteiger partial charge in [0.15, 0.2) is 0 Å². The summed E-state index contributed by atoms with van der Waals surface area (Å²) in [6.07, 6.45) is 0.831. The van der Waals surface area contributed by atoms with E-state index in [2.05, 4.69) is 27.3 Å². The van der Waals surface area contributed by atoms with Crippen LogP contribution < -0.4 is 10.2 Å². The van der Waals surface area contributed by atoms with Gasteiger partial charge in [0.1, 0.15) is 6.04 Å². The predicted molar refractivity (Wildman–Crippen MR) is 107 cm³/mol. The molecule has 1 aliphatic heterocycles. The second kappa shape index (κ2) is 7.62. The van der Waals surface area contributed by atoms with Crippen LogP contribution in [0.1, 0.15) is 35.3 Å². The largest absolute Gasteiger partial charge is 0.340 e. The van der Waals surface area contributed by atoms with Gasteiger partial charge in [-0.2, -0.15) is 0 Å². The van der Waals surface area contributed by atoms with Crippen LogP contribution in [-0.4, -0.2) is 24.4 Å². The molecule has 1 atom stereocenters. The number of hydrogen-bond acceptors (Lipinski definition) is 2. The first-order valence-electron chi connectivity index (χ1n) is 8.84. The van der Waals surface area contributed by atoms with Crippen molar-refractivity contribution in [1.29, 1.82) is 0 Å². The van der Waals surface area contributed by atoms with Crippen LogP contribution in [0.15, 0.2) is 46.9 Å². The van der Waals surface area contributed by atoms with E-state index in [0.29, 0.717) is 12.1 Å². The quantitative estimate of drug-likeness (QED) is 0.818. The molecule has 0 aromatic heterocycles. The summed E-state index contributed by atoms with van der Waals surface area (Å²) in [5, 5.41) is 2.94. The SMILES string of the molecule is Cc1cccc(C(=O)NC(C(=O)N2CCc3cc(Br)ccc32)C(C)C)c1. The molecule has 5 heteroatoms. The van der Waals surface area contributed by atoms with E-state index in [4.69, 9.17) is 0 Å².